The summed E-state index contributed by atoms with van der Waals surface area (Å²) in [5, 5.41) is 1.23. The Labute approximate surface area is 450 Å². The van der Waals surface area contributed by atoms with Crippen LogP contribution in [0.25, 0.3) is 0 Å². The number of amides is 6. The molecule has 0 radical (unpaired) electrons. The Kier molecular flexibility index (Phi) is 30.2. The number of imide groups is 3. The maximum Gasteiger partial charge on any atom is 0.333 e. The molecule has 0 aliphatic carbocycles. The van der Waals surface area contributed by atoms with Gasteiger partial charge in [0.15, 0.2) is 5.78 Å². The number of hydrogen-bond donors (Lipinski definition) is 0. The van der Waals surface area contributed by atoms with E-state index in [9.17, 15) is 71.9 Å². The monoisotopic (exact) mass is 1110 g/mol. The van der Waals surface area contributed by atoms with Crippen molar-refractivity contribution in [2.75, 3.05) is 72.3 Å². The standard InChI is InChI=1S/C50H71N5O23/c1-35(56)16-17-37(57)34-75-36(2)8-3-9-44(64)71-30-7-24-51(27-31-72-45(65)10-4-13-48(68)76-53-38(58)18-19-39(53)59)25-26-52(28-32-73-46(66)11-5-14-49(69)77-54-40(60)20-21-41(54)61)29-33-74-47(67)12-6-15-50(70)78-55-42(62)22-23-43(55)63/h36H,3-34H2,1-2H3. The average Bonchev–Trinajstić information content (AvgIpc) is 4.00. The molecule has 3 aliphatic heterocycles. The van der Waals surface area contributed by atoms with Crippen molar-refractivity contribution in [3.05, 3.63) is 0 Å². The summed E-state index contributed by atoms with van der Waals surface area (Å²) in [7, 11) is 0. The summed E-state index contributed by atoms with van der Waals surface area (Å²) in [5.41, 5.74) is 0. The molecule has 28 nitrogen and oxygen atoms in total. The number of nitrogens with zero attached hydrogens (tertiary/aromatic N) is 5. The fraction of sp³-hybridized carbons (Fsp3) is 0.700. The molecule has 3 heterocycles. The Balaban J connectivity index is 1.54. The van der Waals surface area contributed by atoms with Crippen LogP contribution in [0, 0.1) is 0 Å². The van der Waals surface area contributed by atoms with Gasteiger partial charge >= 0.3 is 41.8 Å². The highest BCUT2D eigenvalue weighted by atomic mass is 16.7. The second-order valence-electron chi connectivity index (χ2n) is 18.4. The van der Waals surface area contributed by atoms with E-state index in [1.165, 1.54) is 6.92 Å². The maximum atomic E-state index is 12.6. The van der Waals surface area contributed by atoms with E-state index in [4.69, 9.17) is 38.2 Å². The molecule has 0 N–H and O–H groups in total. The molecular formula is C50H71N5O23. The van der Waals surface area contributed by atoms with E-state index in [2.05, 4.69) is 0 Å². The van der Waals surface area contributed by atoms with Gasteiger partial charge in [-0.2, -0.15) is 0 Å². The number of hydroxylamine groups is 6. The largest absolute Gasteiger partial charge is 0.466 e. The van der Waals surface area contributed by atoms with Gasteiger partial charge in [-0.3, -0.25) is 62.5 Å². The van der Waals surface area contributed by atoms with E-state index in [1.54, 1.807) is 11.8 Å². The van der Waals surface area contributed by atoms with E-state index >= 15 is 0 Å². The summed E-state index contributed by atoms with van der Waals surface area (Å²) in [5.74, 6) is -9.19. The normalized spacial score (nSPS) is 14.8. The Bertz CT molecular complexity index is 2040. The Morgan fingerprint density at radius 3 is 1.08 bits per heavy atom. The zero-order valence-corrected chi connectivity index (χ0v) is 44.3. The van der Waals surface area contributed by atoms with Crippen molar-refractivity contribution in [3.8, 4) is 0 Å². The molecule has 3 fully saturated rings. The minimum Gasteiger partial charge on any atom is -0.466 e. The third-order valence-corrected chi connectivity index (χ3v) is 11.8. The number of esters is 4. The molecule has 0 aromatic heterocycles. The van der Waals surface area contributed by atoms with Crippen molar-refractivity contribution in [2.45, 2.75) is 155 Å². The lowest BCUT2D eigenvalue weighted by atomic mass is 10.1. The van der Waals surface area contributed by atoms with Gasteiger partial charge in [-0.15, -0.1) is 15.2 Å². The van der Waals surface area contributed by atoms with Crippen LogP contribution in [-0.4, -0.2) is 192 Å². The molecule has 0 bridgehead atoms. The molecule has 3 rings (SSSR count). The van der Waals surface area contributed by atoms with E-state index in [1.807, 2.05) is 4.90 Å². The predicted octanol–water partition coefficient (Wildman–Crippen LogP) is 1.000. The van der Waals surface area contributed by atoms with Gasteiger partial charge in [-0.05, 0) is 52.4 Å². The van der Waals surface area contributed by atoms with Gasteiger partial charge in [-0.1, -0.05) is 0 Å². The lowest BCUT2D eigenvalue weighted by Gasteiger charge is -2.27. The molecule has 6 amide bonds. The minimum atomic E-state index is -0.879. The van der Waals surface area contributed by atoms with E-state index < -0.39 is 77.2 Å². The summed E-state index contributed by atoms with van der Waals surface area (Å²) >= 11 is 0. The van der Waals surface area contributed by atoms with Crippen LogP contribution in [-0.2, 0) is 110 Å². The second-order valence-corrected chi connectivity index (χ2v) is 18.4. The predicted molar refractivity (Wildman–Crippen MR) is 259 cm³/mol. The van der Waals surface area contributed by atoms with Crippen LogP contribution in [0.2, 0.25) is 0 Å². The first-order valence-corrected chi connectivity index (χ1v) is 26.1. The molecule has 3 aliphatic rings. The van der Waals surface area contributed by atoms with Crippen molar-refractivity contribution in [3.63, 3.8) is 0 Å². The van der Waals surface area contributed by atoms with Gasteiger partial charge in [0.05, 0.1) is 12.7 Å². The molecule has 0 aromatic rings. The second kappa shape index (κ2) is 36.1. The lowest BCUT2D eigenvalue weighted by Crippen LogP contribution is -2.40. The third kappa shape index (κ3) is 27.3. The highest BCUT2D eigenvalue weighted by molar-refractivity contribution is 6.03. The van der Waals surface area contributed by atoms with Gasteiger partial charge in [0.2, 0.25) is 0 Å². The van der Waals surface area contributed by atoms with Crippen LogP contribution < -0.4 is 0 Å². The first-order valence-electron chi connectivity index (χ1n) is 26.1. The molecule has 434 valence electrons. The first-order chi connectivity index (χ1) is 37.2. The van der Waals surface area contributed by atoms with Crippen LogP contribution in [0.15, 0.2) is 0 Å². The Morgan fingerprint density at radius 1 is 0.397 bits per heavy atom. The fourth-order valence-corrected chi connectivity index (χ4v) is 7.37. The third-order valence-electron chi connectivity index (χ3n) is 11.8. The lowest BCUT2D eigenvalue weighted by molar-refractivity contribution is -0.197. The SMILES string of the molecule is CC(=O)CCC(=O)COC(C)CCCC(=O)OCCCN(CCOC(=O)CCCC(=O)ON1C(=O)CCC1=O)CCN(CCOC(=O)CCCC(=O)ON1C(=O)CCC1=O)CCOC(=O)CCCC(=O)ON1C(=O)CCC1=O. The number of ketones is 2. The maximum absolute atomic E-state index is 12.6. The molecule has 0 saturated carbocycles. The van der Waals surface area contributed by atoms with Crippen molar-refractivity contribution in [2.24, 2.45) is 0 Å². The molecule has 0 spiro atoms. The first kappa shape index (κ1) is 65.2. The number of ether oxygens (including phenoxy) is 5. The van der Waals surface area contributed by atoms with Crippen LogP contribution in [0.3, 0.4) is 0 Å². The van der Waals surface area contributed by atoms with Crippen molar-refractivity contribution in [1.29, 1.82) is 0 Å². The summed E-state index contributed by atoms with van der Waals surface area (Å²) in [4.78, 5) is 199. The molecule has 1 unspecified atom stereocenters. The Morgan fingerprint density at radius 2 is 0.718 bits per heavy atom. The minimum absolute atomic E-state index is 0.00608. The van der Waals surface area contributed by atoms with E-state index in [0.717, 1.165) is 0 Å². The Hall–Kier alpha value is -7.07. The quantitative estimate of drug-likeness (QED) is 0.0357. The number of hydrogen-bond acceptors (Lipinski definition) is 25. The highest BCUT2D eigenvalue weighted by Gasteiger charge is 2.35. The molecule has 78 heavy (non-hydrogen) atoms. The van der Waals surface area contributed by atoms with E-state index in [-0.39, 0.29) is 199 Å². The molecular weight excluding hydrogens is 1040 g/mol. The van der Waals surface area contributed by atoms with Crippen LogP contribution in [0.5, 0.6) is 0 Å². The van der Waals surface area contributed by atoms with Crippen molar-refractivity contribution >= 4 is 88.8 Å². The van der Waals surface area contributed by atoms with Crippen LogP contribution >= 0.6 is 0 Å². The van der Waals surface area contributed by atoms with Crippen LogP contribution in [0.4, 0.5) is 0 Å². The molecule has 0 aromatic carbocycles. The van der Waals surface area contributed by atoms with Gasteiger partial charge in [0, 0.05) is 136 Å². The van der Waals surface area contributed by atoms with Crippen LogP contribution in [0.1, 0.15) is 149 Å². The topological polar surface area (TPSA) is 346 Å². The zero-order valence-electron chi connectivity index (χ0n) is 44.3. The number of carbonyl (C=O) groups is 15. The molecule has 3 saturated heterocycles. The average molecular weight is 1110 g/mol. The number of Topliss-reactive ketones (excluding diaryl/α,β-unsaturated/α-hetero) is 2. The van der Waals surface area contributed by atoms with Gasteiger partial charge in [0.1, 0.15) is 32.2 Å². The molecule has 1 atom stereocenters. The van der Waals surface area contributed by atoms with E-state index in [0.29, 0.717) is 41.0 Å². The number of carbonyl (C=O) groups excluding carboxylic acids is 15. The smallest absolute Gasteiger partial charge is 0.333 e. The van der Waals surface area contributed by atoms with Crippen molar-refractivity contribution in [1.82, 2.24) is 25.0 Å². The van der Waals surface area contributed by atoms with Gasteiger partial charge in [0.25, 0.3) is 35.4 Å². The summed E-state index contributed by atoms with van der Waals surface area (Å²) in [6.07, 6.45) is -0.590. The van der Waals surface area contributed by atoms with Gasteiger partial charge < -0.3 is 43.0 Å². The molecule has 28 heteroatoms. The zero-order chi connectivity index (χ0) is 57.4. The van der Waals surface area contributed by atoms with Gasteiger partial charge in [-0.25, -0.2) is 14.4 Å². The number of rotatable bonds is 41. The summed E-state index contributed by atoms with van der Waals surface area (Å²) < 4.78 is 27.2. The summed E-state index contributed by atoms with van der Waals surface area (Å²) in [6, 6.07) is 0. The fourth-order valence-electron chi connectivity index (χ4n) is 7.37. The summed E-state index contributed by atoms with van der Waals surface area (Å²) in [6.45, 7) is 3.97. The van der Waals surface area contributed by atoms with Crippen molar-refractivity contribution < 1.29 is 110 Å². The highest BCUT2D eigenvalue weighted by Crippen LogP contribution is 2.16.